The fourth-order valence-electron chi connectivity index (χ4n) is 1.70. The molecular weight excluding hydrogens is 260 g/mol. The Hall–Kier alpha value is -2.21. The minimum absolute atomic E-state index is 0.663. The molecule has 0 aliphatic rings. The molecule has 0 amide bonds. The summed E-state index contributed by atoms with van der Waals surface area (Å²) in [6.07, 6.45) is 4.92. The molecule has 3 rings (SSSR count). The molecule has 0 radical (unpaired) electrons. The summed E-state index contributed by atoms with van der Waals surface area (Å²) in [6, 6.07) is 5.90. The Balaban J connectivity index is 1.89. The number of benzene rings is 1. The summed E-state index contributed by atoms with van der Waals surface area (Å²) in [5.41, 5.74) is 1.78. The zero-order chi connectivity index (χ0) is 13.1. The second kappa shape index (κ2) is 5.19. The summed E-state index contributed by atoms with van der Waals surface area (Å²) in [7, 11) is 0. The van der Waals surface area contributed by atoms with Crippen LogP contribution < -0.4 is 10.1 Å². The van der Waals surface area contributed by atoms with Gasteiger partial charge >= 0.3 is 0 Å². The third-order valence-corrected chi connectivity index (χ3v) is 3.42. The number of aromatic nitrogens is 3. The second-order valence-electron chi connectivity index (χ2n) is 3.83. The minimum Gasteiger partial charge on any atom is -0.494 e. The van der Waals surface area contributed by atoms with Crippen LogP contribution in [0, 0.1) is 0 Å². The number of ether oxygens (including phenoxy) is 1. The van der Waals surface area contributed by atoms with Gasteiger partial charge in [0.15, 0.2) is 5.13 Å². The van der Waals surface area contributed by atoms with E-state index >= 15 is 0 Å². The molecule has 0 unspecified atom stereocenters. The molecule has 2 heterocycles. The first-order chi connectivity index (χ1) is 9.35. The molecule has 19 heavy (non-hydrogen) atoms. The summed E-state index contributed by atoms with van der Waals surface area (Å²) in [5.74, 6) is 0.869. The van der Waals surface area contributed by atoms with Crippen molar-refractivity contribution in [3.8, 4) is 5.75 Å². The predicted octanol–water partition coefficient (Wildman–Crippen LogP) is 3.23. The zero-order valence-corrected chi connectivity index (χ0v) is 11.1. The van der Waals surface area contributed by atoms with Crippen LogP contribution in [-0.2, 0) is 0 Å². The van der Waals surface area contributed by atoms with E-state index < -0.39 is 0 Å². The van der Waals surface area contributed by atoms with Crippen molar-refractivity contribution in [2.75, 3.05) is 11.9 Å². The van der Waals surface area contributed by atoms with Crippen LogP contribution in [0.2, 0.25) is 0 Å². The Bertz CT molecular complexity index is 683. The summed E-state index contributed by atoms with van der Waals surface area (Å²) < 4.78 is 6.57. The number of nitrogens with one attached hydrogen (secondary N) is 1. The van der Waals surface area contributed by atoms with Gasteiger partial charge in [0.25, 0.3) is 0 Å². The van der Waals surface area contributed by atoms with Gasteiger partial charge in [-0.25, -0.2) is 15.0 Å². The lowest BCUT2D eigenvalue weighted by molar-refractivity contribution is 0.341. The van der Waals surface area contributed by atoms with Gasteiger partial charge in [-0.1, -0.05) is 11.3 Å². The standard InChI is InChI=1S/C13H12N4OS/c1-2-18-10-3-4-11-12(5-10)19-13(17-11)16-9-6-14-8-15-7-9/h3-8H,2H2,1H3,(H,16,17). The highest BCUT2D eigenvalue weighted by Crippen LogP contribution is 2.30. The van der Waals surface area contributed by atoms with Gasteiger partial charge in [0.2, 0.25) is 0 Å². The van der Waals surface area contributed by atoms with Crippen molar-refractivity contribution in [3.63, 3.8) is 0 Å². The topological polar surface area (TPSA) is 59.9 Å². The molecule has 3 aromatic rings. The van der Waals surface area contributed by atoms with Gasteiger partial charge in [-0.15, -0.1) is 0 Å². The molecule has 1 N–H and O–H groups in total. The van der Waals surface area contributed by atoms with Crippen LogP contribution in [0.25, 0.3) is 10.2 Å². The number of hydrogen-bond acceptors (Lipinski definition) is 6. The highest BCUT2D eigenvalue weighted by atomic mass is 32.1. The van der Waals surface area contributed by atoms with Crippen LogP contribution in [0.3, 0.4) is 0 Å². The van der Waals surface area contributed by atoms with Crippen molar-refractivity contribution in [3.05, 3.63) is 36.9 Å². The molecule has 1 aromatic carbocycles. The fraction of sp³-hybridized carbons (Fsp3) is 0.154. The maximum absolute atomic E-state index is 5.48. The third-order valence-electron chi connectivity index (χ3n) is 2.48. The Labute approximate surface area is 114 Å². The molecule has 0 spiro atoms. The number of thiazole rings is 1. The van der Waals surface area contributed by atoms with E-state index in [4.69, 9.17) is 4.74 Å². The van der Waals surface area contributed by atoms with Crippen molar-refractivity contribution < 1.29 is 4.74 Å². The average molecular weight is 272 g/mol. The summed E-state index contributed by atoms with van der Waals surface area (Å²) >= 11 is 1.57. The van der Waals surface area contributed by atoms with E-state index in [1.54, 1.807) is 23.7 Å². The molecule has 0 saturated heterocycles. The molecule has 5 nitrogen and oxygen atoms in total. The summed E-state index contributed by atoms with van der Waals surface area (Å²) in [5, 5.41) is 4.00. The molecule has 0 saturated carbocycles. The second-order valence-corrected chi connectivity index (χ2v) is 4.86. The minimum atomic E-state index is 0.663. The van der Waals surface area contributed by atoms with E-state index in [0.717, 1.165) is 26.8 Å². The molecule has 96 valence electrons. The first kappa shape index (κ1) is 11.9. The van der Waals surface area contributed by atoms with E-state index in [1.807, 2.05) is 25.1 Å². The number of anilines is 2. The van der Waals surface area contributed by atoms with Crippen molar-refractivity contribution in [2.45, 2.75) is 6.92 Å². The number of nitrogens with zero attached hydrogens (tertiary/aromatic N) is 3. The molecular formula is C13H12N4OS. The molecule has 2 aromatic heterocycles. The Morgan fingerprint density at radius 3 is 2.89 bits per heavy atom. The molecule has 0 atom stereocenters. The van der Waals surface area contributed by atoms with E-state index in [0.29, 0.717) is 6.61 Å². The van der Waals surface area contributed by atoms with Gasteiger partial charge in [-0.05, 0) is 25.1 Å². The molecule has 0 aliphatic heterocycles. The van der Waals surface area contributed by atoms with Gasteiger partial charge in [0, 0.05) is 0 Å². The Kier molecular flexibility index (Phi) is 3.24. The zero-order valence-electron chi connectivity index (χ0n) is 10.3. The predicted molar refractivity (Wildman–Crippen MR) is 76.1 cm³/mol. The van der Waals surface area contributed by atoms with Crippen molar-refractivity contribution in [1.29, 1.82) is 0 Å². The van der Waals surface area contributed by atoms with Crippen molar-refractivity contribution in [2.24, 2.45) is 0 Å². The Morgan fingerprint density at radius 2 is 2.11 bits per heavy atom. The quantitative estimate of drug-likeness (QED) is 0.790. The van der Waals surface area contributed by atoms with E-state index in [1.165, 1.54) is 6.33 Å². The number of hydrogen-bond donors (Lipinski definition) is 1. The molecule has 0 fully saturated rings. The molecule has 6 heteroatoms. The highest BCUT2D eigenvalue weighted by molar-refractivity contribution is 7.22. The van der Waals surface area contributed by atoms with Gasteiger partial charge in [0.1, 0.15) is 12.1 Å². The van der Waals surface area contributed by atoms with Gasteiger partial charge in [0.05, 0.1) is 34.9 Å². The maximum Gasteiger partial charge on any atom is 0.188 e. The Morgan fingerprint density at radius 1 is 1.26 bits per heavy atom. The van der Waals surface area contributed by atoms with Crippen LogP contribution in [0.4, 0.5) is 10.8 Å². The smallest absolute Gasteiger partial charge is 0.188 e. The first-order valence-electron chi connectivity index (χ1n) is 5.90. The van der Waals surface area contributed by atoms with Crippen LogP contribution >= 0.6 is 11.3 Å². The lowest BCUT2D eigenvalue weighted by Gasteiger charge is -2.00. The van der Waals surface area contributed by atoms with Crippen LogP contribution in [0.15, 0.2) is 36.9 Å². The maximum atomic E-state index is 5.48. The first-order valence-corrected chi connectivity index (χ1v) is 6.72. The third kappa shape index (κ3) is 2.63. The van der Waals surface area contributed by atoms with Crippen LogP contribution in [0.1, 0.15) is 6.92 Å². The van der Waals surface area contributed by atoms with Gasteiger partial charge in [-0.2, -0.15) is 0 Å². The normalized spacial score (nSPS) is 10.6. The summed E-state index contributed by atoms with van der Waals surface area (Å²) in [4.78, 5) is 12.4. The molecule has 0 bridgehead atoms. The van der Waals surface area contributed by atoms with Crippen molar-refractivity contribution >= 4 is 32.4 Å². The van der Waals surface area contributed by atoms with Crippen LogP contribution in [-0.4, -0.2) is 21.6 Å². The average Bonchev–Trinajstić information content (AvgIpc) is 2.82. The van der Waals surface area contributed by atoms with Crippen LogP contribution in [0.5, 0.6) is 5.75 Å². The summed E-state index contributed by atoms with van der Waals surface area (Å²) in [6.45, 7) is 2.63. The van der Waals surface area contributed by atoms with Gasteiger partial charge < -0.3 is 10.1 Å². The largest absolute Gasteiger partial charge is 0.494 e. The SMILES string of the molecule is CCOc1ccc2nc(Nc3cncnc3)sc2c1. The van der Waals surface area contributed by atoms with Gasteiger partial charge in [-0.3, -0.25) is 0 Å². The number of fused-ring (bicyclic) bond motifs is 1. The fourth-order valence-corrected chi connectivity index (χ4v) is 2.62. The molecule has 0 aliphatic carbocycles. The van der Waals surface area contributed by atoms with E-state index in [9.17, 15) is 0 Å². The number of rotatable bonds is 4. The lowest BCUT2D eigenvalue weighted by atomic mass is 10.3. The monoisotopic (exact) mass is 272 g/mol. The van der Waals surface area contributed by atoms with E-state index in [-0.39, 0.29) is 0 Å². The van der Waals surface area contributed by atoms with Crippen molar-refractivity contribution in [1.82, 2.24) is 15.0 Å². The highest BCUT2D eigenvalue weighted by Gasteiger charge is 2.05. The lowest BCUT2D eigenvalue weighted by Crippen LogP contribution is -1.90. The van der Waals surface area contributed by atoms with E-state index in [2.05, 4.69) is 20.3 Å².